The molecule has 0 aliphatic rings. The van der Waals surface area contributed by atoms with Gasteiger partial charge in [0.15, 0.2) is 0 Å². The van der Waals surface area contributed by atoms with Gasteiger partial charge in [0.25, 0.3) is 0 Å². The second-order valence-corrected chi connectivity index (χ2v) is 4.86. The van der Waals surface area contributed by atoms with E-state index in [1.165, 1.54) is 0 Å². The molecule has 1 heterocycles. The monoisotopic (exact) mass is 271 g/mol. The smallest absolute Gasteiger partial charge is 0.122 e. The Morgan fingerprint density at radius 3 is 2.95 bits per heavy atom. The summed E-state index contributed by atoms with van der Waals surface area (Å²) in [6.07, 6.45) is 3.34. The van der Waals surface area contributed by atoms with E-state index in [1.807, 2.05) is 18.2 Å². The molecule has 1 aromatic heterocycles. The topological polar surface area (TPSA) is 71.9 Å². The van der Waals surface area contributed by atoms with Crippen molar-refractivity contribution in [3.8, 4) is 11.8 Å². The highest BCUT2D eigenvalue weighted by Crippen LogP contribution is 2.31. The van der Waals surface area contributed by atoms with Crippen LogP contribution in [0.4, 0.5) is 5.69 Å². The molecule has 0 amide bonds. The van der Waals surface area contributed by atoms with Crippen molar-refractivity contribution in [2.45, 2.75) is 10.6 Å². The van der Waals surface area contributed by atoms with Crippen LogP contribution in [0.2, 0.25) is 0 Å². The van der Waals surface area contributed by atoms with E-state index < -0.39 is 0 Å². The maximum Gasteiger partial charge on any atom is 0.122 e. The molecular formula is C14H13N3OS. The van der Waals surface area contributed by atoms with Crippen molar-refractivity contribution < 1.29 is 4.74 Å². The molecule has 0 bridgehead atoms. The van der Waals surface area contributed by atoms with Crippen molar-refractivity contribution in [2.75, 3.05) is 12.8 Å². The molecular weight excluding hydrogens is 258 g/mol. The van der Waals surface area contributed by atoms with Crippen molar-refractivity contribution >= 4 is 17.4 Å². The van der Waals surface area contributed by atoms with Gasteiger partial charge in [-0.25, -0.2) is 0 Å². The van der Waals surface area contributed by atoms with E-state index in [9.17, 15) is 0 Å². The maximum atomic E-state index is 8.93. The fourth-order valence-corrected chi connectivity index (χ4v) is 2.55. The molecule has 0 atom stereocenters. The van der Waals surface area contributed by atoms with Crippen LogP contribution in [-0.2, 0) is 5.75 Å². The number of nitrogens with two attached hydrogens (primary N) is 1. The van der Waals surface area contributed by atoms with Crippen molar-refractivity contribution in [3.63, 3.8) is 0 Å². The Balaban J connectivity index is 2.19. The highest BCUT2D eigenvalue weighted by atomic mass is 32.2. The molecule has 0 aliphatic carbocycles. The highest BCUT2D eigenvalue weighted by molar-refractivity contribution is 7.98. The SMILES string of the molecule is COc1ccc(C#N)cc1CSc1ccncc1N. The minimum Gasteiger partial charge on any atom is -0.496 e. The number of rotatable bonds is 4. The molecule has 0 spiro atoms. The number of methoxy groups -OCH3 is 1. The predicted molar refractivity (Wildman–Crippen MR) is 75.9 cm³/mol. The average molecular weight is 271 g/mol. The summed E-state index contributed by atoms with van der Waals surface area (Å²) in [6.45, 7) is 0. The summed E-state index contributed by atoms with van der Waals surface area (Å²) in [5.41, 5.74) is 8.10. The number of pyridine rings is 1. The highest BCUT2D eigenvalue weighted by Gasteiger charge is 2.07. The first-order chi connectivity index (χ1) is 9.24. The van der Waals surface area contributed by atoms with E-state index in [4.69, 9.17) is 15.7 Å². The molecule has 0 aliphatic heterocycles. The van der Waals surface area contributed by atoms with Gasteiger partial charge in [-0.15, -0.1) is 11.8 Å². The summed E-state index contributed by atoms with van der Waals surface area (Å²) in [7, 11) is 1.62. The molecule has 4 nitrogen and oxygen atoms in total. The van der Waals surface area contributed by atoms with Crippen LogP contribution in [0.25, 0.3) is 0 Å². The Hall–Kier alpha value is -2.19. The first-order valence-electron chi connectivity index (χ1n) is 5.64. The maximum absolute atomic E-state index is 8.93. The van der Waals surface area contributed by atoms with Gasteiger partial charge in [0.05, 0.1) is 30.6 Å². The molecule has 1 aromatic carbocycles. The van der Waals surface area contributed by atoms with Crippen LogP contribution >= 0.6 is 11.8 Å². The lowest BCUT2D eigenvalue weighted by Crippen LogP contribution is -1.93. The Morgan fingerprint density at radius 2 is 2.26 bits per heavy atom. The molecule has 5 heteroatoms. The lowest BCUT2D eigenvalue weighted by molar-refractivity contribution is 0.411. The van der Waals surface area contributed by atoms with Crippen LogP contribution in [0.5, 0.6) is 5.75 Å². The van der Waals surface area contributed by atoms with Crippen LogP contribution < -0.4 is 10.5 Å². The van der Waals surface area contributed by atoms with Gasteiger partial charge in [0, 0.05) is 22.4 Å². The van der Waals surface area contributed by atoms with Gasteiger partial charge in [-0.3, -0.25) is 4.98 Å². The molecule has 19 heavy (non-hydrogen) atoms. The zero-order valence-electron chi connectivity index (χ0n) is 10.5. The average Bonchev–Trinajstić information content (AvgIpc) is 2.46. The summed E-state index contributed by atoms with van der Waals surface area (Å²) in [5.74, 6) is 1.46. The Bertz CT molecular complexity index is 622. The van der Waals surface area contributed by atoms with Gasteiger partial charge in [0.2, 0.25) is 0 Å². The van der Waals surface area contributed by atoms with Crippen molar-refractivity contribution in [2.24, 2.45) is 0 Å². The quantitative estimate of drug-likeness (QED) is 0.866. The fraction of sp³-hybridized carbons (Fsp3) is 0.143. The molecule has 0 fully saturated rings. The van der Waals surface area contributed by atoms with Gasteiger partial charge >= 0.3 is 0 Å². The zero-order valence-corrected chi connectivity index (χ0v) is 11.3. The van der Waals surface area contributed by atoms with Crippen LogP contribution in [0.3, 0.4) is 0 Å². The summed E-state index contributed by atoms with van der Waals surface area (Å²) < 4.78 is 5.30. The fourth-order valence-electron chi connectivity index (χ4n) is 1.64. The van der Waals surface area contributed by atoms with Crippen LogP contribution in [0.15, 0.2) is 41.6 Å². The van der Waals surface area contributed by atoms with Crippen molar-refractivity contribution in [1.82, 2.24) is 4.98 Å². The van der Waals surface area contributed by atoms with Gasteiger partial charge < -0.3 is 10.5 Å². The Morgan fingerprint density at radius 1 is 1.42 bits per heavy atom. The van der Waals surface area contributed by atoms with Gasteiger partial charge in [-0.1, -0.05) is 0 Å². The minimum absolute atomic E-state index is 0.624. The van der Waals surface area contributed by atoms with Crippen LogP contribution in [0, 0.1) is 11.3 Å². The zero-order chi connectivity index (χ0) is 13.7. The van der Waals surface area contributed by atoms with E-state index in [-0.39, 0.29) is 0 Å². The number of nitrogen functional groups attached to an aromatic ring is 1. The van der Waals surface area contributed by atoms with E-state index >= 15 is 0 Å². The number of ether oxygens (including phenoxy) is 1. The van der Waals surface area contributed by atoms with E-state index in [0.717, 1.165) is 16.2 Å². The third-order valence-corrected chi connectivity index (χ3v) is 3.74. The largest absolute Gasteiger partial charge is 0.496 e. The van der Waals surface area contributed by atoms with Gasteiger partial charge in [-0.05, 0) is 24.3 Å². The molecule has 0 radical (unpaired) electrons. The second-order valence-electron chi connectivity index (χ2n) is 3.84. The lowest BCUT2D eigenvalue weighted by Gasteiger charge is -2.09. The lowest BCUT2D eigenvalue weighted by atomic mass is 10.1. The number of nitrogens with zero attached hydrogens (tertiary/aromatic N) is 2. The second kappa shape index (κ2) is 6.12. The first kappa shape index (κ1) is 13.2. The Kier molecular flexibility index (Phi) is 4.26. The van der Waals surface area contributed by atoms with Crippen molar-refractivity contribution in [3.05, 3.63) is 47.8 Å². The third kappa shape index (κ3) is 3.18. The summed E-state index contributed by atoms with van der Waals surface area (Å²) >= 11 is 1.59. The number of aromatic nitrogens is 1. The number of nitriles is 1. The molecule has 0 unspecified atom stereocenters. The number of thioether (sulfide) groups is 1. The molecule has 0 saturated carbocycles. The summed E-state index contributed by atoms with van der Waals surface area (Å²) in [4.78, 5) is 4.93. The van der Waals surface area contributed by atoms with Crippen molar-refractivity contribution in [1.29, 1.82) is 5.26 Å². The molecule has 2 rings (SSSR count). The molecule has 96 valence electrons. The Labute approximate surface area is 116 Å². The van der Waals surface area contributed by atoms with E-state index in [1.54, 1.807) is 37.3 Å². The predicted octanol–water partition coefficient (Wildman–Crippen LogP) is 2.84. The summed E-state index contributed by atoms with van der Waals surface area (Å²) in [5, 5.41) is 8.93. The number of anilines is 1. The summed E-state index contributed by atoms with van der Waals surface area (Å²) in [6, 6.07) is 9.39. The number of benzene rings is 1. The van der Waals surface area contributed by atoms with Crippen LogP contribution in [-0.4, -0.2) is 12.1 Å². The molecule has 2 N–H and O–H groups in total. The third-order valence-electron chi connectivity index (χ3n) is 2.60. The minimum atomic E-state index is 0.624. The van der Waals surface area contributed by atoms with Gasteiger partial charge in [0.1, 0.15) is 5.75 Å². The number of hydrogen-bond donors (Lipinski definition) is 1. The normalized spacial score (nSPS) is 9.89. The van der Waals surface area contributed by atoms with E-state index in [2.05, 4.69) is 11.1 Å². The standard InChI is InChI=1S/C14H13N3OS/c1-18-13-3-2-10(7-15)6-11(13)9-19-14-4-5-17-8-12(14)16/h2-6,8H,9,16H2,1H3. The first-order valence-corrected chi connectivity index (χ1v) is 6.62. The number of hydrogen-bond acceptors (Lipinski definition) is 5. The van der Waals surface area contributed by atoms with E-state index in [0.29, 0.717) is 17.0 Å². The van der Waals surface area contributed by atoms with Crippen LogP contribution in [0.1, 0.15) is 11.1 Å². The molecule has 2 aromatic rings. The molecule has 0 saturated heterocycles. The van der Waals surface area contributed by atoms with Gasteiger partial charge in [-0.2, -0.15) is 5.26 Å².